The third kappa shape index (κ3) is 22.7. The fourth-order valence-electron chi connectivity index (χ4n) is 20.8. The molecule has 7 saturated heterocycles. The zero-order valence-corrected chi connectivity index (χ0v) is 78.1. The number of benzene rings is 5. The number of nitrogens with zero attached hydrogens (tertiary/aromatic N) is 23. The Balaban J connectivity index is 0.000000147. The van der Waals surface area contributed by atoms with E-state index in [-0.39, 0.29) is 79.4 Å². The molecule has 0 saturated carbocycles. The summed E-state index contributed by atoms with van der Waals surface area (Å²) < 4.78 is 60.3. The van der Waals surface area contributed by atoms with Gasteiger partial charge in [0.1, 0.15) is 37.3 Å². The second-order valence-corrected chi connectivity index (χ2v) is 37.2. The lowest BCUT2D eigenvalue weighted by atomic mass is 10.0. The number of hydrogen-bond donors (Lipinski definition) is 0. The van der Waals surface area contributed by atoms with Crippen molar-refractivity contribution in [3.63, 3.8) is 0 Å². The molecule has 0 N–H and O–H groups in total. The lowest BCUT2D eigenvalue weighted by Gasteiger charge is -2.42. The Labute approximate surface area is 785 Å². The fraction of sp³-hybridized carbons (Fsp3) is 0.510. The van der Waals surface area contributed by atoms with Crippen molar-refractivity contribution in [1.29, 1.82) is 15.8 Å². The van der Waals surface area contributed by atoms with Gasteiger partial charge in [-0.25, -0.2) is 0 Å². The largest absolute Gasteiger partial charge is 0.462 e. The Hall–Kier alpha value is -12.3. The number of ether oxygens (including phenoxy) is 3. The van der Waals surface area contributed by atoms with Crippen LogP contribution >= 0.6 is 0 Å². The van der Waals surface area contributed by atoms with Crippen LogP contribution in [0.4, 0.5) is 47.7 Å². The van der Waals surface area contributed by atoms with Crippen LogP contribution in [-0.4, -0.2) is 302 Å². The van der Waals surface area contributed by atoms with Crippen molar-refractivity contribution in [1.82, 2.24) is 69.1 Å². The number of para-hydroxylation sites is 1. The molecule has 0 aliphatic carbocycles. The summed E-state index contributed by atoms with van der Waals surface area (Å²) in [6.45, 7) is 20.2. The fourth-order valence-corrected chi connectivity index (χ4v) is 20.8. The van der Waals surface area contributed by atoms with Crippen molar-refractivity contribution in [2.75, 3.05) is 209 Å². The van der Waals surface area contributed by atoms with Gasteiger partial charge in [0.15, 0.2) is 0 Å². The monoisotopic (exact) mass is 1830 g/mol. The molecule has 7 fully saturated rings. The Bertz CT molecular complexity index is 5650. The number of rotatable bonds is 25. The van der Waals surface area contributed by atoms with E-state index in [0.717, 1.165) is 137 Å². The summed E-state index contributed by atoms with van der Waals surface area (Å²) in [6.07, 6.45) is 17.2. The number of amides is 3. The van der Waals surface area contributed by atoms with Crippen molar-refractivity contribution < 1.29 is 41.8 Å². The molecule has 18 rings (SSSR count). The molecule has 3 aromatic heterocycles. The highest BCUT2D eigenvalue weighted by molar-refractivity contribution is 5.96. The molecule has 3 amide bonds. The van der Waals surface area contributed by atoms with Crippen LogP contribution in [-0.2, 0) is 59.5 Å². The maximum absolute atomic E-state index is 13.8. The van der Waals surface area contributed by atoms with E-state index in [9.17, 15) is 43.3 Å². The molecule has 6 atom stereocenters. The molecular weight excluding hydrogens is 1700 g/mol. The summed E-state index contributed by atoms with van der Waals surface area (Å²) in [7, 11) is 10.3. The average Bonchev–Trinajstić information content (AvgIpc) is 0.858. The third-order valence-electron chi connectivity index (χ3n) is 28.2. The van der Waals surface area contributed by atoms with E-state index in [1.165, 1.54) is 83.2 Å². The Morgan fingerprint density at radius 1 is 0.433 bits per heavy atom. The van der Waals surface area contributed by atoms with Gasteiger partial charge in [0.25, 0.3) is 0 Å². The number of likely N-dealkylation sites (tertiary alicyclic amines) is 4. The minimum atomic E-state index is -4.48. The minimum Gasteiger partial charge on any atom is -0.462 e. The quantitative estimate of drug-likeness (QED) is 0.0481. The van der Waals surface area contributed by atoms with Crippen molar-refractivity contribution in [3.8, 4) is 36.2 Å². The molecule has 10 aliphatic rings. The third-order valence-corrected chi connectivity index (χ3v) is 28.2. The first-order valence-electron chi connectivity index (χ1n) is 47.8. The molecule has 5 aromatic carbocycles. The average molecular weight is 1830 g/mol. The van der Waals surface area contributed by atoms with Gasteiger partial charge < -0.3 is 77.9 Å². The van der Waals surface area contributed by atoms with Gasteiger partial charge in [-0.05, 0) is 180 Å². The van der Waals surface area contributed by atoms with Gasteiger partial charge in [-0.3, -0.25) is 19.3 Å². The van der Waals surface area contributed by atoms with Gasteiger partial charge in [0, 0.05) is 166 Å². The number of piperidine rings is 1. The molecule has 706 valence electrons. The molecule has 13 heterocycles. The number of carbonyl (C=O) groups excluding carboxylic acids is 3. The van der Waals surface area contributed by atoms with Gasteiger partial charge in [-0.15, -0.1) is 0 Å². The summed E-state index contributed by atoms with van der Waals surface area (Å²) in [4.78, 5) is 98.4. The number of aromatic nitrogens is 6. The summed E-state index contributed by atoms with van der Waals surface area (Å²) in [5.41, 5.74) is 7.59. The molecule has 0 bridgehead atoms. The predicted octanol–water partition coefficient (Wildman–Crippen LogP) is 12.0. The lowest BCUT2D eigenvalue weighted by molar-refractivity contribution is -0.137. The van der Waals surface area contributed by atoms with Crippen molar-refractivity contribution in [3.05, 3.63) is 185 Å². The van der Waals surface area contributed by atoms with Gasteiger partial charge in [-0.1, -0.05) is 110 Å². The number of halogens is 3. The van der Waals surface area contributed by atoms with E-state index in [0.29, 0.717) is 147 Å². The normalized spacial score (nSPS) is 21.5. The molecule has 10 aliphatic heterocycles. The standard InChI is InChI=1S/C38H48N8O2.C35H44N8O2.C29H34F3N7O2/c1-42-19-8-12-31(42)28-48-38-40-34-27-44(35-14-7-11-29-10-3-4-13-32(29)35)23-17-33(34)37(41-38)45-24-25-46(30(26-45)16-18-39)36(47)15-9-22-43-20-5-2-6-21-43;1-39(2)18-8-14-33(44)43-22-21-42(23-27(43)15-17-36)34-30-16-20-41(32-13-6-10-26-9-4-5-12-29(26)32)24-31(30)37-35(38-34)45-25-28-11-7-19-40(28)3;1-3-26(40)39-16-15-38(17-20(39)10-12-33)27-22-11-14-37(25-9-5-4-8-23(25)29(30,31)32)18-24(22)34-28(35-27)41-19-21-7-6-13-36(21)2/h3-4,7,9-11,13-15,30-31H,2,5-6,8,12,16-17,19-28H2,1H3;4-6,8-10,12-14,27-28H,7,11,15-16,18-25H2,1-3H3;3-5,8-9,20-21H,1,6-7,10-11,13-19H2,2H3/b15-9+;14-8+;/t30-,31-;27-,28-;20-,21-/m000/s1. The van der Waals surface area contributed by atoms with Crippen molar-refractivity contribution in [2.24, 2.45) is 0 Å². The number of anilines is 6. The first-order chi connectivity index (χ1) is 65.2. The van der Waals surface area contributed by atoms with E-state index in [2.05, 4.69) is 170 Å². The summed E-state index contributed by atoms with van der Waals surface area (Å²) in [6, 6.07) is 43.6. The predicted molar refractivity (Wildman–Crippen MR) is 514 cm³/mol. The van der Waals surface area contributed by atoms with Crippen LogP contribution < -0.4 is 43.6 Å². The zero-order valence-electron chi connectivity index (χ0n) is 78.1. The number of piperazine rings is 3. The van der Waals surface area contributed by atoms with E-state index < -0.39 is 11.7 Å². The van der Waals surface area contributed by atoms with E-state index in [1.54, 1.807) is 28.0 Å². The van der Waals surface area contributed by atoms with Crippen LogP contribution in [0, 0.1) is 34.0 Å². The van der Waals surface area contributed by atoms with Crippen molar-refractivity contribution >= 4 is 73.8 Å². The summed E-state index contributed by atoms with van der Waals surface area (Å²) >= 11 is 0. The van der Waals surface area contributed by atoms with Gasteiger partial charge >= 0.3 is 24.2 Å². The highest BCUT2D eigenvalue weighted by Gasteiger charge is 2.41. The number of alkyl halides is 3. The first kappa shape index (κ1) is 94.9. The van der Waals surface area contributed by atoms with Crippen LogP contribution in [0.3, 0.4) is 0 Å². The first-order valence-corrected chi connectivity index (χ1v) is 47.8. The molecule has 0 radical (unpaired) electrons. The number of hydrogen-bond acceptors (Lipinski definition) is 26. The SMILES string of the molecule is C=CC(=O)N1CCN(c2nc(OC[C@@H]3CCCN3C)nc3c2CCN(c2ccccc2C(F)(F)F)C3)C[C@@H]1CC#N.CN(C)C/C=C/C(=O)N1CCN(c2nc(OC[C@@H]3CCCN3C)nc3c2CCN(c2cccc4ccccc24)C3)C[C@@H]1CC#N.CN1CCC[C@H]1COc1nc2c(c(N3CCN(C(=O)/C=C/CN4CCCCC4)[C@@H](CC#N)C3)n1)CCN(c1cccc3ccccc13)C2. The minimum absolute atomic E-state index is 0.00735. The highest BCUT2D eigenvalue weighted by Crippen LogP contribution is 2.42. The van der Waals surface area contributed by atoms with Gasteiger partial charge in [0.2, 0.25) is 17.7 Å². The van der Waals surface area contributed by atoms with Crippen LogP contribution in [0.25, 0.3) is 21.5 Å². The number of carbonyl (C=O) groups is 3. The Morgan fingerprint density at radius 3 is 1.19 bits per heavy atom. The molecule has 32 heteroatoms. The van der Waals surface area contributed by atoms with Crippen LogP contribution in [0.15, 0.2) is 146 Å². The zero-order chi connectivity index (χ0) is 93.4. The summed E-state index contributed by atoms with van der Waals surface area (Å²) in [5, 5.41) is 33.8. The van der Waals surface area contributed by atoms with Crippen molar-refractivity contribution in [2.45, 2.75) is 158 Å². The molecule has 0 spiro atoms. The second kappa shape index (κ2) is 44.3. The maximum Gasteiger partial charge on any atom is 0.418 e. The number of likely N-dealkylation sites (N-methyl/N-ethyl adjacent to an activating group) is 4. The molecule has 8 aromatic rings. The highest BCUT2D eigenvalue weighted by atomic mass is 19.4. The summed E-state index contributed by atoms with van der Waals surface area (Å²) in [5.74, 6) is 2.15. The van der Waals surface area contributed by atoms with E-state index in [1.807, 2.05) is 45.8 Å². The second-order valence-electron chi connectivity index (χ2n) is 37.2. The number of fused-ring (bicyclic) bond motifs is 5. The van der Waals surface area contributed by atoms with Crippen LogP contribution in [0.2, 0.25) is 0 Å². The van der Waals surface area contributed by atoms with Crippen LogP contribution in [0.5, 0.6) is 18.0 Å². The Morgan fingerprint density at radius 2 is 0.806 bits per heavy atom. The molecule has 0 unspecified atom stereocenters. The van der Waals surface area contributed by atoms with Gasteiger partial charge in [0.05, 0.1) is 97.9 Å². The van der Waals surface area contributed by atoms with E-state index >= 15 is 0 Å². The van der Waals surface area contributed by atoms with Gasteiger partial charge in [-0.2, -0.15) is 58.9 Å². The van der Waals surface area contributed by atoms with Crippen LogP contribution in [0.1, 0.15) is 116 Å². The number of nitriles is 3. The smallest absolute Gasteiger partial charge is 0.418 e. The Kier molecular flexibility index (Phi) is 31.4. The lowest BCUT2D eigenvalue weighted by Crippen LogP contribution is -2.55. The van der Waals surface area contributed by atoms with E-state index in [4.69, 9.17) is 44.1 Å². The molecule has 29 nitrogen and oxygen atoms in total. The molecular formula is C102H126F3N23O6. The topological polar surface area (TPSA) is 273 Å². The molecule has 134 heavy (non-hydrogen) atoms. The maximum atomic E-state index is 13.8.